The van der Waals surface area contributed by atoms with Gasteiger partial charge in [-0.25, -0.2) is 0 Å². The second-order valence-corrected chi connectivity index (χ2v) is 1.90. The molecular weight excluding hydrogens is 88.1 g/mol. The van der Waals surface area contributed by atoms with Crippen LogP contribution in [0.5, 0.6) is 0 Å². The summed E-state index contributed by atoms with van der Waals surface area (Å²) in [6.07, 6.45) is 2.31. The second-order valence-electron chi connectivity index (χ2n) is 1.90. The van der Waals surface area contributed by atoms with E-state index in [0.717, 1.165) is 13.0 Å². The monoisotopic (exact) mass is 97.1 g/mol. The van der Waals surface area contributed by atoms with Crippen LogP contribution in [-0.4, -0.2) is 12.6 Å². The minimum absolute atomic E-state index is 0.278. The Bertz CT molecular complexity index is 86.7. The van der Waals surface area contributed by atoms with Crippen molar-refractivity contribution in [2.45, 2.75) is 18.9 Å². The van der Waals surface area contributed by atoms with Crippen LogP contribution in [0.4, 0.5) is 0 Å². The average molecular weight is 97.1 g/mol. The fraction of sp³-hybridized carbons (Fsp3) is 0.800. The van der Waals surface area contributed by atoms with Crippen LogP contribution in [0.2, 0.25) is 0 Å². The molecule has 2 N–H and O–H groups in total. The Morgan fingerprint density at radius 3 is 2.86 bits per heavy atom. The Morgan fingerprint density at radius 2 is 2.57 bits per heavy atom. The predicted molar refractivity (Wildman–Crippen MR) is 25.4 cm³/mol. The maximum atomic E-state index is 8.28. The van der Waals surface area contributed by atoms with Gasteiger partial charge in [-0.3, -0.25) is 0 Å². The van der Waals surface area contributed by atoms with E-state index in [-0.39, 0.29) is 6.04 Å². The first-order valence-electron chi connectivity index (χ1n) is 2.66. The van der Waals surface area contributed by atoms with Gasteiger partial charge in [0.05, 0.1) is 6.54 Å². The summed E-state index contributed by atoms with van der Waals surface area (Å²) in [5.41, 5.74) is 0. The zero-order valence-corrected chi connectivity index (χ0v) is 4.22. The van der Waals surface area contributed by atoms with E-state index in [1.54, 1.807) is 0 Å². The fourth-order valence-corrected chi connectivity index (χ4v) is 0.892. The standard InChI is InChI=1S/C5H8N2/c6-4-5-2-1-3-7-5/h5,7H,1-3H2/p+1/t5-/m1/s1. The molecular formula is C5H9N2+. The molecule has 2 nitrogen and oxygen atoms in total. The molecule has 1 atom stereocenters. The van der Waals surface area contributed by atoms with Gasteiger partial charge in [0.15, 0.2) is 6.04 Å². The maximum Gasteiger partial charge on any atom is 0.173 e. The molecule has 1 saturated heterocycles. The SMILES string of the molecule is N#C[C@H]1CCC[NH2+]1. The lowest BCUT2D eigenvalue weighted by molar-refractivity contribution is -0.657. The molecule has 1 heterocycles. The summed E-state index contributed by atoms with van der Waals surface area (Å²) in [6.45, 7) is 1.15. The Morgan fingerprint density at radius 1 is 1.71 bits per heavy atom. The molecule has 0 aliphatic carbocycles. The zero-order valence-electron chi connectivity index (χ0n) is 4.22. The van der Waals surface area contributed by atoms with Gasteiger partial charge < -0.3 is 5.32 Å². The Hall–Kier alpha value is -0.550. The molecule has 2 heteroatoms. The van der Waals surface area contributed by atoms with Gasteiger partial charge in [0.1, 0.15) is 6.07 Å². The van der Waals surface area contributed by atoms with Crippen LogP contribution < -0.4 is 5.32 Å². The molecule has 1 aliphatic heterocycles. The van der Waals surface area contributed by atoms with Crippen molar-refractivity contribution >= 4 is 0 Å². The Balaban J connectivity index is 2.31. The van der Waals surface area contributed by atoms with Crippen molar-refractivity contribution in [2.24, 2.45) is 0 Å². The lowest BCUT2D eigenvalue weighted by Gasteiger charge is -1.88. The van der Waals surface area contributed by atoms with Gasteiger partial charge >= 0.3 is 0 Å². The number of nitrogens with zero attached hydrogens (tertiary/aromatic N) is 1. The summed E-state index contributed by atoms with van der Waals surface area (Å²) in [5.74, 6) is 0. The van der Waals surface area contributed by atoms with Crippen molar-refractivity contribution in [2.75, 3.05) is 6.54 Å². The largest absolute Gasteiger partial charge is 0.332 e. The first kappa shape index (κ1) is 4.61. The van der Waals surface area contributed by atoms with Gasteiger partial charge in [-0.05, 0) is 0 Å². The highest BCUT2D eigenvalue weighted by Gasteiger charge is 2.15. The van der Waals surface area contributed by atoms with E-state index in [9.17, 15) is 0 Å². The van der Waals surface area contributed by atoms with Gasteiger partial charge in [0.2, 0.25) is 0 Å². The van der Waals surface area contributed by atoms with Gasteiger partial charge in [-0.2, -0.15) is 5.26 Å². The van der Waals surface area contributed by atoms with Crippen molar-refractivity contribution in [1.82, 2.24) is 0 Å². The van der Waals surface area contributed by atoms with Gasteiger partial charge in [-0.1, -0.05) is 0 Å². The molecule has 0 aromatic heterocycles. The lowest BCUT2D eigenvalue weighted by atomic mass is 10.2. The van der Waals surface area contributed by atoms with Gasteiger partial charge in [0, 0.05) is 12.8 Å². The molecule has 0 unspecified atom stereocenters. The van der Waals surface area contributed by atoms with E-state index in [4.69, 9.17) is 5.26 Å². The van der Waals surface area contributed by atoms with Crippen molar-refractivity contribution in [3.8, 4) is 6.07 Å². The van der Waals surface area contributed by atoms with Crippen LogP contribution in [-0.2, 0) is 0 Å². The van der Waals surface area contributed by atoms with E-state index in [1.807, 2.05) is 0 Å². The normalized spacial score (nSPS) is 29.9. The summed E-state index contributed by atoms with van der Waals surface area (Å²) >= 11 is 0. The lowest BCUT2D eigenvalue weighted by Crippen LogP contribution is -2.86. The minimum Gasteiger partial charge on any atom is -0.332 e. The minimum atomic E-state index is 0.278. The van der Waals surface area contributed by atoms with Gasteiger partial charge in [-0.15, -0.1) is 0 Å². The van der Waals surface area contributed by atoms with Crippen LogP contribution in [0.15, 0.2) is 0 Å². The predicted octanol–water partition coefficient (Wildman–Crippen LogP) is -0.764. The molecule has 1 aliphatic rings. The van der Waals surface area contributed by atoms with Crippen molar-refractivity contribution < 1.29 is 5.32 Å². The second kappa shape index (κ2) is 1.94. The van der Waals surface area contributed by atoms with E-state index in [0.29, 0.717) is 0 Å². The van der Waals surface area contributed by atoms with Crippen LogP contribution in [0.1, 0.15) is 12.8 Å². The van der Waals surface area contributed by atoms with Crippen LogP contribution in [0.25, 0.3) is 0 Å². The smallest absolute Gasteiger partial charge is 0.173 e. The summed E-state index contributed by atoms with van der Waals surface area (Å²) in [6, 6.07) is 2.49. The molecule has 7 heavy (non-hydrogen) atoms. The highest BCUT2D eigenvalue weighted by Crippen LogP contribution is 1.93. The van der Waals surface area contributed by atoms with E-state index in [2.05, 4.69) is 11.4 Å². The van der Waals surface area contributed by atoms with Gasteiger partial charge in [0.25, 0.3) is 0 Å². The van der Waals surface area contributed by atoms with Crippen LogP contribution >= 0.6 is 0 Å². The third-order valence-corrected chi connectivity index (χ3v) is 1.34. The summed E-state index contributed by atoms with van der Waals surface area (Å²) < 4.78 is 0. The molecule has 0 aromatic carbocycles. The molecule has 0 aromatic rings. The number of hydrogen-bond donors (Lipinski definition) is 1. The van der Waals surface area contributed by atoms with E-state index in [1.165, 1.54) is 6.42 Å². The van der Waals surface area contributed by atoms with Crippen molar-refractivity contribution in [1.29, 1.82) is 5.26 Å². The first-order valence-corrected chi connectivity index (χ1v) is 2.66. The summed E-state index contributed by atoms with van der Waals surface area (Å²) in [4.78, 5) is 0. The maximum absolute atomic E-state index is 8.28. The molecule has 1 rings (SSSR count). The van der Waals surface area contributed by atoms with Crippen molar-refractivity contribution in [3.05, 3.63) is 0 Å². The molecule has 0 saturated carbocycles. The highest BCUT2D eigenvalue weighted by atomic mass is 14.9. The Kier molecular flexibility index (Phi) is 1.28. The Labute approximate surface area is 43.1 Å². The third-order valence-electron chi connectivity index (χ3n) is 1.34. The van der Waals surface area contributed by atoms with Crippen LogP contribution in [0.3, 0.4) is 0 Å². The van der Waals surface area contributed by atoms with E-state index >= 15 is 0 Å². The number of nitriles is 1. The molecule has 38 valence electrons. The highest BCUT2D eigenvalue weighted by molar-refractivity contribution is 4.82. The number of quaternary nitrogens is 1. The third kappa shape index (κ3) is 0.908. The fourth-order valence-electron chi connectivity index (χ4n) is 0.892. The van der Waals surface area contributed by atoms with Crippen molar-refractivity contribution in [3.63, 3.8) is 0 Å². The molecule has 0 amide bonds. The number of rotatable bonds is 0. The summed E-state index contributed by atoms with van der Waals surface area (Å²) in [5, 5.41) is 10.4. The molecule has 0 spiro atoms. The zero-order chi connectivity index (χ0) is 5.11. The first-order chi connectivity index (χ1) is 3.43. The van der Waals surface area contributed by atoms with Crippen LogP contribution in [0, 0.1) is 11.3 Å². The topological polar surface area (TPSA) is 40.4 Å². The number of nitrogens with two attached hydrogens (primary N) is 1. The number of hydrogen-bond acceptors (Lipinski definition) is 1. The molecule has 1 fully saturated rings. The summed E-state index contributed by atoms with van der Waals surface area (Å²) in [7, 11) is 0. The molecule has 0 radical (unpaired) electrons. The quantitative estimate of drug-likeness (QED) is 0.424. The molecule has 0 bridgehead atoms. The average Bonchev–Trinajstić information content (AvgIpc) is 2.14. The van der Waals surface area contributed by atoms with E-state index < -0.39 is 0 Å².